The van der Waals surface area contributed by atoms with Gasteiger partial charge in [-0.05, 0) is 69.4 Å². The molecule has 4 rings (SSSR count). The number of amides is 2. The molecule has 5 nitrogen and oxygen atoms in total. The molecule has 2 aliphatic rings. The summed E-state index contributed by atoms with van der Waals surface area (Å²) < 4.78 is 25.3. The van der Waals surface area contributed by atoms with Crippen molar-refractivity contribution < 1.29 is 23.5 Å². The molecule has 32 heavy (non-hydrogen) atoms. The number of nitrogens with zero attached hydrogens (tertiary/aromatic N) is 1. The molecule has 1 unspecified atom stereocenters. The SMILES string of the molecule is CC(C)(C)OC(=O)N1C(=O)C2(CCOC2)C[C@H]1Cc1ccc(-c2cc(Cl)ccc2F)cc1. The van der Waals surface area contributed by atoms with Gasteiger partial charge in [-0.3, -0.25) is 4.79 Å². The molecule has 0 saturated carbocycles. The second-order valence-corrected chi connectivity index (χ2v) is 10.1. The molecular formula is C25H27ClFNO4. The van der Waals surface area contributed by atoms with E-state index in [1.165, 1.54) is 17.0 Å². The van der Waals surface area contributed by atoms with Gasteiger partial charge in [0.15, 0.2) is 0 Å². The molecule has 0 aromatic heterocycles. The Balaban J connectivity index is 1.57. The summed E-state index contributed by atoms with van der Waals surface area (Å²) in [5, 5.41) is 0.465. The van der Waals surface area contributed by atoms with Crippen molar-refractivity contribution in [3.63, 3.8) is 0 Å². The zero-order chi connectivity index (χ0) is 23.1. The minimum absolute atomic E-state index is 0.216. The first-order valence-corrected chi connectivity index (χ1v) is 11.1. The summed E-state index contributed by atoms with van der Waals surface area (Å²) in [5.74, 6) is -0.560. The van der Waals surface area contributed by atoms with Crippen LogP contribution in [0.1, 0.15) is 39.2 Å². The Morgan fingerprint density at radius 1 is 1.25 bits per heavy atom. The van der Waals surface area contributed by atoms with Crippen LogP contribution in [0.3, 0.4) is 0 Å². The van der Waals surface area contributed by atoms with Crippen LogP contribution in [-0.4, -0.2) is 41.8 Å². The average molecular weight is 460 g/mol. The number of hydrogen-bond donors (Lipinski definition) is 0. The van der Waals surface area contributed by atoms with E-state index in [0.717, 1.165) is 5.56 Å². The number of carbonyl (C=O) groups is 2. The lowest BCUT2D eigenvalue weighted by molar-refractivity contribution is -0.135. The van der Waals surface area contributed by atoms with E-state index in [0.29, 0.717) is 48.6 Å². The van der Waals surface area contributed by atoms with Gasteiger partial charge in [-0.15, -0.1) is 0 Å². The van der Waals surface area contributed by atoms with Crippen molar-refractivity contribution in [3.8, 4) is 11.1 Å². The van der Waals surface area contributed by atoms with Gasteiger partial charge in [0.25, 0.3) is 0 Å². The summed E-state index contributed by atoms with van der Waals surface area (Å²) in [5.41, 5.74) is 0.717. The van der Waals surface area contributed by atoms with Crippen LogP contribution < -0.4 is 0 Å². The Morgan fingerprint density at radius 2 is 1.97 bits per heavy atom. The van der Waals surface area contributed by atoms with Crippen LogP contribution >= 0.6 is 11.6 Å². The predicted molar refractivity (Wildman–Crippen MR) is 120 cm³/mol. The minimum atomic E-state index is -0.702. The monoisotopic (exact) mass is 459 g/mol. The number of likely N-dealkylation sites (tertiary alicyclic amines) is 1. The minimum Gasteiger partial charge on any atom is -0.443 e. The molecule has 7 heteroatoms. The Bertz CT molecular complexity index is 1030. The fraction of sp³-hybridized carbons (Fsp3) is 0.440. The molecule has 2 atom stereocenters. The summed E-state index contributed by atoms with van der Waals surface area (Å²) in [6.07, 6.45) is 1.02. The molecule has 2 heterocycles. The van der Waals surface area contributed by atoms with Crippen LogP contribution in [0.15, 0.2) is 42.5 Å². The maximum atomic E-state index is 14.2. The maximum Gasteiger partial charge on any atom is 0.417 e. The van der Waals surface area contributed by atoms with E-state index >= 15 is 0 Å². The predicted octanol–water partition coefficient (Wildman–Crippen LogP) is 5.63. The number of carbonyl (C=O) groups excluding carboxylic acids is 2. The first kappa shape index (κ1) is 22.7. The van der Waals surface area contributed by atoms with Gasteiger partial charge in [0, 0.05) is 23.2 Å². The molecule has 2 aromatic carbocycles. The molecule has 2 saturated heterocycles. The van der Waals surface area contributed by atoms with Crippen molar-refractivity contribution in [2.24, 2.45) is 5.41 Å². The van der Waals surface area contributed by atoms with Crippen LogP contribution in [-0.2, 0) is 20.7 Å². The van der Waals surface area contributed by atoms with E-state index in [-0.39, 0.29) is 17.8 Å². The largest absolute Gasteiger partial charge is 0.443 e. The number of rotatable bonds is 3. The third kappa shape index (κ3) is 4.52. The van der Waals surface area contributed by atoms with Crippen molar-refractivity contribution in [1.29, 1.82) is 0 Å². The first-order valence-electron chi connectivity index (χ1n) is 10.8. The van der Waals surface area contributed by atoms with Gasteiger partial charge in [0.2, 0.25) is 5.91 Å². The molecule has 1 spiro atoms. The molecule has 2 amide bonds. The van der Waals surface area contributed by atoms with Gasteiger partial charge in [0.05, 0.1) is 12.0 Å². The summed E-state index contributed by atoms with van der Waals surface area (Å²) in [4.78, 5) is 27.4. The molecular weight excluding hydrogens is 433 g/mol. The zero-order valence-corrected chi connectivity index (χ0v) is 19.2. The summed E-state index contributed by atoms with van der Waals surface area (Å²) >= 11 is 6.02. The summed E-state index contributed by atoms with van der Waals surface area (Å²) in [6.45, 7) is 6.18. The number of imide groups is 1. The van der Waals surface area contributed by atoms with Gasteiger partial charge >= 0.3 is 6.09 Å². The van der Waals surface area contributed by atoms with Gasteiger partial charge in [-0.25, -0.2) is 14.1 Å². The first-order chi connectivity index (χ1) is 15.1. The summed E-state index contributed by atoms with van der Waals surface area (Å²) in [7, 11) is 0. The quantitative estimate of drug-likeness (QED) is 0.596. The number of halogens is 2. The van der Waals surface area contributed by atoms with Crippen LogP contribution in [0.2, 0.25) is 5.02 Å². The second-order valence-electron chi connectivity index (χ2n) is 9.62. The second kappa shape index (κ2) is 8.49. The van der Waals surface area contributed by atoms with Crippen LogP contribution in [0.5, 0.6) is 0 Å². The normalized spacial score (nSPS) is 23.2. The van der Waals surface area contributed by atoms with E-state index in [1.54, 1.807) is 26.8 Å². The summed E-state index contributed by atoms with van der Waals surface area (Å²) in [6, 6.07) is 11.6. The molecule has 0 bridgehead atoms. The molecule has 2 aromatic rings. The van der Waals surface area contributed by atoms with E-state index in [4.69, 9.17) is 21.1 Å². The lowest BCUT2D eigenvalue weighted by atomic mass is 9.83. The van der Waals surface area contributed by atoms with Crippen molar-refractivity contribution in [2.45, 2.75) is 51.7 Å². The average Bonchev–Trinajstić information content (AvgIpc) is 3.28. The Labute approximate surface area is 192 Å². The number of benzene rings is 2. The third-order valence-corrected chi connectivity index (χ3v) is 6.26. The van der Waals surface area contributed by atoms with E-state index < -0.39 is 17.1 Å². The topological polar surface area (TPSA) is 55.8 Å². The van der Waals surface area contributed by atoms with Crippen LogP contribution in [0.4, 0.5) is 9.18 Å². The Hall–Kier alpha value is -2.44. The standard InChI is InChI=1S/C25H27ClFNO4/c1-24(2,3)32-23(30)28-19(14-25(22(28)29)10-11-31-15-25)12-16-4-6-17(7-5-16)20-13-18(26)8-9-21(20)27/h4-9,13,19H,10-12,14-15H2,1-3H3/t19-,25?/m1/s1. The number of ether oxygens (including phenoxy) is 2. The van der Waals surface area contributed by atoms with Gasteiger partial charge in [-0.1, -0.05) is 35.9 Å². The molecule has 0 N–H and O–H groups in total. The molecule has 2 aliphatic heterocycles. The van der Waals surface area contributed by atoms with Gasteiger partial charge < -0.3 is 9.47 Å². The molecule has 170 valence electrons. The lowest BCUT2D eigenvalue weighted by Gasteiger charge is -2.27. The van der Waals surface area contributed by atoms with Crippen molar-refractivity contribution in [1.82, 2.24) is 4.90 Å². The number of hydrogen-bond acceptors (Lipinski definition) is 4. The Morgan fingerprint density at radius 3 is 2.59 bits per heavy atom. The van der Waals surface area contributed by atoms with E-state index in [1.807, 2.05) is 24.3 Å². The van der Waals surface area contributed by atoms with Gasteiger partial charge in [-0.2, -0.15) is 0 Å². The highest BCUT2D eigenvalue weighted by Gasteiger charge is 2.56. The Kier molecular flexibility index (Phi) is 6.03. The van der Waals surface area contributed by atoms with Crippen LogP contribution in [0, 0.1) is 11.2 Å². The third-order valence-electron chi connectivity index (χ3n) is 6.02. The van der Waals surface area contributed by atoms with E-state index in [9.17, 15) is 14.0 Å². The highest BCUT2D eigenvalue weighted by atomic mass is 35.5. The highest BCUT2D eigenvalue weighted by Crippen LogP contribution is 2.44. The van der Waals surface area contributed by atoms with Crippen molar-refractivity contribution in [3.05, 3.63) is 58.9 Å². The smallest absolute Gasteiger partial charge is 0.417 e. The molecule has 0 radical (unpaired) electrons. The fourth-order valence-corrected chi connectivity index (χ4v) is 4.68. The van der Waals surface area contributed by atoms with E-state index in [2.05, 4.69) is 0 Å². The van der Waals surface area contributed by atoms with Gasteiger partial charge in [0.1, 0.15) is 11.4 Å². The zero-order valence-electron chi connectivity index (χ0n) is 18.5. The van der Waals surface area contributed by atoms with Crippen LogP contribution in [0.25, 0.3) is 11.1 Å². The maximum absolute atomic E-state index is 14.2. The fourth-order valence-electron chi connectivity index (χ4n) is 4.51. The molecule has 0 aliphatic carbocycles. The van der Waals surface area contributed by atoms with Crippen molar-refractivity contribution in [2.75, 3.05) is 13.2 Å². The van der Waals surface area contributed by atoms with Crippen molar-refractivity contribution >= 4 is 23.6 Å². The lowest BCUT2D eigenvalue weighted by Crippen LogP contribution is -2.45. The molecule has 2 fully saturated rings. The highest BCUT2D eigenvalue weighted by molar-refractivity contribution is 6.30.